The molecule has 0 fully saturated rings. The van der Waals surface area contributed by atoms with Gasteiger partial charge in [0.1, 0.15) is 5.78 Å². The lowest BCUT2D eigenvalue weighted by Crippen LogP contribution is -2.33. The SMILES string of the molecule is CC(C)(CC(=O)CBr)S(C)(=O)=O. The van der Waals surface area contributed by atoms with Gasteiger partial charge in [-0.3, -0.25) is 4.79 Å². The van der Waals surface area contributed by atoms with E-state index >= 15 is 0 Å². The molecule has 0 spiro atoms. The van der Waals surface area contributed by atoms with Crippen LogP contribution in [-0.2, 0) is 14.6 Å². The maximum atomic E-state index is 11.1. The van der Waals surface area contributed by atoms with Crippen molar-refractivity contribution in [2.75, 3.05) is 11.6 Å². The molecule has 0 saturated carbocycles. The number of alkyl halides is 1. The molecule has 0 aromatic heterocycles. The molecule has 5 heteroatoms. The van der Waals surface area contributed by atoms with Crippen molar-refractivity contribution in [2.45, 2.75) is 25.0 Å². The summed E-state index contributed by atoms with van der Waals surface area (Å²) in [4.78, 5) is 11.0. The largest absolute Gasteiger partial charge is 0.299 e. The average Bonchev–Trinajstić information content (AvgIpc) is 1.84. The molecular formula is C7H13BrO3S. The van der Waals surface area contributed by atoms with Crippen molar-refractivity contribution in [2.24, 2.45) is 0 Å². The maximum absolute atomic E-state index is 11.1. The summed E-state index contributed by atoms with van der Waals surface area (Å²) in [5.41, 5.74) is 0. The summed E-state index contributed by atoms with van der Waals surface area (Å²) >= 11 is 2.99. The first-order chi connectivity index (χ1) is 5.20. The van der Waals surface area contributed by atoms with E-state index in [1.807, 2.05) is 0 Å². The Kier molecular flexibility index (Phi) is 3.90. The van der Waals surface area contributed by atoms with Gasteiger partial charge in [0.15, 0.2) is 9.84 Å². The van der Waals surface area contributed by atoms with Gasteiger partial charge in [-0.2, -0.15) is 0 Å². The van der Waals surface area contributed by atoms with E-state index in [9.17, 15) is 13.2 Å². The lowest BCUT2D eigenvalue weighted by molar-refractivity contribution is -0.116. The van der Waals surface area contributed by atoms with Crippen molar-refractivity contribution in [3.05, 3.63) is 0 Å². The first kappa shape index (κ1) is 12.1. The molecule has 0 aromatic carbocycles. The van der Waals surface area contributed by atoms with Crippen LogP contribution in [0.15, 0.2) is 0 Å². The van der Waals surface area contributed by atoms with Crippen LogP contribution in [0.25, 0.3) is 0 Å². The molecule has 0 aliphatic heterocycles. The highest BCUT2D eigenvalue weighted by Crippen LogP contribution is 2.20. The number of carbonyl (C=O) groups is 1. The lowest BCUT2D eigenvalue weighted by Gasteiger charge is -2.20. The quantitative estimate of drug-likeness (QED) is 0.710. The molecule has 0 unspecified atom stereocenters. The maximum Gasteiger partial charge on any atom is 0.153 e. The zero-order valence-electron chi connectivity index (χ0n) is 7.43. The van der Waals surface area contributed by atoms with Gasteiger partial charge in [-0.25, -0.2) is 8.42 Å². The van der Waals surface area contributed by atoms with E-state index in [1.54, 1.807) is 13.8 Å². The first-order valence-corrected chi connectivity index (χ1v) is 6.49. The Hall–Kier alpha value is 0.1000. The second-order valence-electron chi connectivity index (χ2n) is 3.38. The fourth-order valence-corrected chi connectivity index (χ4v) is 1.27. The van der Waals surface area contributed by atoms with Crippen molar-refractivity contribution >= 4 is 31.6 Å². The standard InChI is InChI=1S/C7H13BrO3S/c1-7(2,12(3,10)11)4-6(9)5-8/h4-5H2,1-3H3. The van der Waals surface area contributed by atoms with E-state index in [1.165, 1.54) is 0 Å². The summed E-state index contributed by atoms with van der Waals surface area (Å²) in [6, 6.07) is 0. The predicted molar refractivity (Wildman–Crippen MR) is 52.3 cm³/mol. The topological polar surface area (TPSA) is 51.2 Å². The van der Waals surface area contributed by atoms with Crippen LogP contribution in [0.4, 0.5) is 0 Å². The van der Waals surface area contributed by atoms with Crippen LogP contribution >= 0.6 is 15.9 Å². The van der Waals surface area contributed by atoms with Gasteiger partial charge >= 0.3 is 0 Å². The van der Waals surface area contributed by atoms with Crippen molar-refractivity contribution < 1.29 is 13.2 Å². The van der Waals surface area contributed by atoms with Crippen molar-refractivity contribution in [1.82, 2.24) is 0 Å². The van der Waals surface area contributed by atoms with Crippen molar-refractivity contribution in [3.8, 4) is 0 Å². The number of carbonyl (C=O) groups excluding carboxylic acids is 1. The third kappa shape index (κ3) is 3.23. The van der Waals surface area contributed by atoms with E-state index in [2.05, 4.69) is 15.9 Å². The highest BCUT2D eigenvalue weighted by Gasteiger charge is 2.32. The third-order valence-electron chi connectivity index (χ3n) is 1.78. The molecule has 0 rings (SSSR count). The van der Waals surface area contributed by atoms with Gasteiger partial charge in [-0.05, 0) is 13.8 Å². The Morgan fingerprint density at radius 3 is 2.08 bits per heavy atom. The van der Waals surface area contributed by atoms with Crippen LogP contribution in [0.1, 0.15) is 20.3 Å². The Balaban J connectivity index is 4.56. The van der Waals surface area contributed by atoms with Gasteiger partial charge < -0.3 is 0 Å². The second kappa shape index (κ2) is 3.87. The number of halogens is 1. The normalized spacial score (nSPS) is 13.0. The number of rotatable bonds is 4. The molecule has 0 saturated heterocycles. The molecule has 0 bridgehead atoms. The molecule has 0 N–H and O–H groups in total. The van der Waals surface area contributed by atoms with E-state index in [-0.39, 0.29) is 17.5 Å². The molecule has 0 atom stereocenters. The fraction of sp³-hybridized carbons (Fsp3) is 0.857. The average molecular weight is 257 g/mol. The highest BCUT2D eigenvalue weighted by atomic mass is 79.9. The summed E-state index contributed by atoms with van der Waals surface area (Å²) < 4.78 is 21.3. The van der Waals surface area contributed by atoms with E-state index in [4.69, 9.17) is 0 Å². The predicted octanol–water partition coefficient (Wildman–Crippen LogP) is 1.16. The van der Waals surface area contributed by atoms with E-state index in [0.717, 1.165) is 6.26 Å². The minimum Gasteiger partial charge on any atom is -0.299 e. The summed E-state index contributed by atoms with van der Waals surface area (Å²) in [5.74, 6) is -0.0922. The van der Waals surface area contributed by atoms with Gasteiger partial charge in [0.05, 0.1) is 10.1 Å². The van der Waals surface area contributed by atoms with Crippen molar-refractivity contribution in [3.63, 3.8) is 0 Å². The smallest absolute Gasteiger partial charge is 0.153 e. The number of Topliss-reactive ketones (excluding diaryl/α,β-unsaturated/α-hetero) is 1. The van der Waals surface area contributed by atoms with Crippen LogP contribution in [0.3, 0.4) is 0 Å². The number of hydrogen-bond acceptors (Lipinski definition) is 3. The molecule has 0 aliphatic carbocycles. The lowest BCUT2D eigenvalue weighted by atomic mass is 10.1. The monoisotopic (exact) mass is 256 g/mol. The second-order valence-corrected chi connectivity index (χ2v) is 6.59. The summed E-state index contributed by atoms with van der Waals surface area (Å²) in [5, 5.41) is 0.214. The molecule has 0 heterocycles. The van der Waals surface area contributed by atoms with Gasteiger partial charge in [0.25, 0.3) is 0 Å². The van der Waals surface area contributed by atoms with Crippen LogP contribution in [0.2, 0.25) is 0 Å². The molecular weight excluding hydrogens is 244 g/mol. The van der Waals surface area contributed by atoms with Gasteiger partial charge in [-0.15, -0.1) is 0 Å². The molecule has 3 nitrogen and oxygen atoms in total. The zero-order chi connectivity index (χ0) is 9.99. The Labute approximate surface area is 81.6 Å². The van der Waals surface area contributed by atoms with Crippen molar-refractivity contribution in [1.29, 1.82) is 0 Å². The Morgan fingerprint density at radius 1 is 1.42 bits per heavy atom. The molecule has 0 radical (unpaired) electrons. The minimum absolute atomic E-state index is 0.0666. The van der Waals surface area contributed by atoms with Gasteiger partial charge in [-0.1, -0.05) is 15.9 Å². The molecule has 72 valence electrons. The first-order valence-electron chi connectivity index (χ1n) is 3.48. The molecule has 12 heavy (non-hydrogen) atoms. The molecule has 0 amide bonds. The minimum atomic E-state index is -3.15. The van der Waals surface area contributed by atoms with E-state index in [0.29, 0.717) is 0 Å². The summed E-state index contributed by atoms with van der Waals surface area (Å²) in [6.07, 6.45) is 1.21. The zero-order valence-corrected chi connectivity index (χ0v) is 9.83. The highest BCUT2D eigenvalue weighted by molar-refractivity contribution is 9.09. The van der Waals surface area contributed by atoms with Gasteiger partial charge in [0, 0.05) is 12.7 Å². The van der Waals surface area contributed by atoms with Gasteiger partial charge in [0.2, 0.25) is 0 Å². The summed E-state index contributed by atoms with van der Waals surface area (Å²) in [7, 11) is -3.15. The van der Waals surface area contributed by atoms with E-state index < -0.39 is 14.6 Å². The Morgan fingerprint density at radius 2 is 1.83 bits per heavy atom. The fourth-order valence-electron chi connectivity index (χ4n) is 0.653. The van der Waals surface area contributed by atoms with Crippen LogP contribution in [-0.4, -0.2) is 30.5 Å². The Bertz CT molecular complexity index is 266. The molecule has 0 aliphatic rings. The third-order valence-corrected chi connectivity index (χ3v) is 4.55. The summed E-state index contributed by atoms with van der Waals surface area (Å²) in [6.45, 7) is 3.12. The van der Waals surface area contributed by atoms with Crippen LogP contribution in [0, 0.1) is 0 Å². The molecule has 0 aromatic rings. The number of ketones is 1. The van der Waals surface area contributed by atoms with Crippen LogP contribution < -0.4 is 0 Å². The van der Waals surface area contributed by atoms with Crippen LogP contribution in [0.5, 0.6) is 0 Å². The number of hydrogen-bond donors (Lipinski definition) is 0. The number of sulfone groups is 1.